The quantitative estimate of drug-likeness (QED) is 0.419. The first-order valence-corrected chi connectivity index (χ1v) is 9.73. The Morgan fingerprint density at radius 2 is 2.00 bits per heavy atom. The molecule has 0 saturated heterocycles. The van der Waals surface area contributed by atoms with Crippen LogP contribution in [0.1, 0.15) is 11.1 Å². The van der Waals surface area contributed by atoms with Crippen LogP contribution in [0, 0.1) is 17.1 Å². The number of halogens is 1. The number of aromatic amines is 1. The number of fused-ring (bicyclic) bond motifs is 1. The maximum absolute atomic E-state index is 13.2. The molecule has 0 spiro atoms. The van der Waals surface area contributed by atoms with Gasteiger partial charge < -0.3 is 9.55 Å². The number of hydrogen-bond donors (Lipinski definition) is 1. The number of thioether (sulfide) groups is 1. The minimum atomic E-state index is -0.446. The molecule has 0 aliphatic heterocycles. The van der Waals surface area contributed by atoms with Crippen molar-refractivity contribution in [2.75, 3.05) is 6.26 Å². The number of H-pyrrole nitrogens is 1. The van der Waals surface area contributed by atoms with Crippen molar-refractivity contribution in [3.63, 3.8) is 0 Å². The summed E-state index contributed by atoms with van der Waals surface area (Å²) >= 11 is 1.31. The zero-order chi connectivity index (χ0) is 19.7. The second kappa shape index (κ2) is 7.33. The predicted molar refractivity (Wildman–Crippen MR) is 108 cm³/mol. The number of hydrogen-bond acceptors (Lipinski definition) is 4. The minimum Gasteiger partial charge on any atom is -0.343 e. The van der Waals surface area contributed by atoms with Crippen LogP contribution in [0.4, 0.5) is 4.39 Å². The molecule has 0 amide bonds. The molecule has 0 radical (unpaired) electrons. The third kappa shape index (κ3) is 3.30. The van der Waals surface area contributed by atoms with Crippen molar-refractivity contribution < 1.29 is 4.39 Å². The normalized spacial score (nSPS) is 10.9. The van der Waals surface area contributed by atoms with Crippen LogP contribution in [-0.2, 0) is 6.54 Å². The highest BCUT2D eigenvalue weighted by Crippen LogP contribution is 2.26. The molecular formula is C21H15FN4OS. The van der Waals surface area contributed by atoms with E-state index in [1.165, 1.54) is 23.9 Å². The van der Waals surface area contributed by atoms with Gasteiger partial charge in [0.25, 0.3) is 5.56 Å². The molecule has 0 aliphatic rings. The number of nitrogens with one attached hydrogen (secondary N) is 1. The fraction of sp³-hybridized carbons (Fsp3) is 0.0952. The molecule has 1 N–H and O–H groups in total. The summed E-state index contributed by atoms with van der Waals surface area (Å²) in [6.45, 7) is 0.581. The summed E-state index contributed by atoms with van der Waals surface area (Å²) in [5, 5.41) is 10.9. The Balaban J connectivity index is 1.82. The Morgan fingerprint density at radius 1 is 1.21 bits per heavy atom. The van der Waals surface area contributed by atoms with Gasteiger partial charge in [-0.25, -0.2) is 9.37 Å². The maximum atomic E-state index is 13.2. The lowest BCUT2D eigenvalue weighted by atomic mass is 10.1. The van der Waals surface area contributed by atoms with Crippen LogP contribution < -0.4 is 5.56 Å². The lowest BCUT2D eigenvalue weighted by Gasteiger charge is -2.09. The van der Waals surface area contributed by atoms with Gasteiger partial charge in [-0.15, -0.1) is 0 Å². The average Bonchev–Trinajstić information content (AvgIpc) is 3.11. The summed E-state index contributed by atoms with van der Waals surface area (Å²) < 4.78 is 15.2. The van der Waals surface area contributed by atoms with Gasteiger partial charge in [0.15, 0.2) is 5.16 Å². The molecule has 2 aromatic heterocycles. The van der Waals surface area contributed by atoms with Crippen molar-refractivity contribution >= 4 is 22.7 Å². The molecule has 5 nitrogen and oxygen atoms in total. The molecule has 2 heterocycles. The third-order valence-electron chi connectivity index (χ3n) is 4.52. The first-order chi connectivity index (χ1) is 13.6. The maximum Gasteiger partial charge on any atom is 0.270 e. The smallest absolute Gasteiger partial charge is 0.270 e. The highest BCUT2D eigenvalue weighted by Gasteiger charge is 2.14. The van der Waals surface area contributed by atoms with Crippen molar-refractivity contribution in [3.8, 4) is 17.3 Å². The van der Waals surface area contributed by atoms with E-state index in [4.69, 9.17) is 0 Å². The van der Waals surface area contributed by atoms with Gasteiger partial charge in [0.05, 0.1) is 5.69 Å². The second-order valence-corrected chi connectivity index (χ2v) is 7.05. The van der Waals surface area contributed by atoms with Crippen molar-refractivity contribution in [2.45, 2.75) is 11.7 Å². The zero-order valence-electron chi connectivity index (χ0n) is 14.9. The van der Waals surface area contributed by atoms with Crippen molar-refractivity contribution in [2.24, 2.45) is 0 Å². The Morgan fingerprint density at radius 3 is 2.71 bits per heavy atom. The number of nitrogens with zero attached hydrogens (tertiary/aromatic N) is 3. The summed E-state index contributed by atoms with van der Waals surface area (Å²) in [6, 6.07) is 16.1. The first kappa shape index (κ1) is 18.0. The lowest BCUT2D eigenvalue weighted by molar-refractivity contribution is 0.626. The van der Waals surface area contributed by atoms with E-state index in [0.29, 0.717) is 23.0 Å². The van der Waals surface area contributed by atoms with E-state index in [0.717, 1.165) is 16.5 Å². The lowest BCUT2D eigenvalue weighted by Crippen LogP contribution is -2.14. The van der Waals surface area contributed by atoms with Crippen LogP contribution in [0.2, 0.25) is 0 Å². The summed E-state index contributed by atoms with van der Waals surface area (Å²) in [5.41, 5.74) is 2.53. The fourth-order valence-electron chi connectivity index (χ4n) is 3.12. The molecule has 7 heteroatoms. The molecule has 0 unspecified atom stereocenters. The average molecular weight is 390 g/mol. The molecule has 0 fully saturated rings. The molecule has 0 saturated carbocycles. The van der Waals surface area contributed by atoms with Gasteiger partial charge in [-0.1, -0.05) is 36.0 Å². The Kier molecular flexibility index (Phi) is 4.72. The van der Waals surface area contributed by atoms with Crippen molar-refractivity contribution in [3.05, 3.63) is 82.0 Å². The standard InChI is InChI=1S/C21H15FN4OS/c1-28-21-24-19(17(11-23)20(27)25-21)15-5-4-14-8-9-26(18(14)10-15)12-13-2-6-16(22)7-3-13/h2-10H,12H2,1H3,(H,24,25,27). The topological polar surface area (TPSA) is 74.5 Å². The molecule has 4 aromatic rings. The van der Waals surface area contributed by atoms with Gasteiger partial charge in [-0.05, 0) is 41.5 Å². The molecule has 0 aliphatic carbocycles. The fourth-order valence-corrected chi connectivity index (χ4v) is 3.49. The van der Waals surface area contributed by atoms with Gasteiger partial charge in [-0.2, -0.15) is 5.26 Å². The highest BCUT2D eigenvalue weighted by atomic mass is 32.2. The first-order valence-electron chi connectivity index (χ1n) is 8.51. The Labute approximate surface area is 164 Å². The molecular weight excluding hydrogens is 375 g/mol. The van der Waals surface area contributed by atoms with Crippen molar-refractivity contribution in [1.82, 2.24) is 14.5 Å². The summed E-state index contributed by atoms with van der Waals surface area (Å²) in [4.78, 5) is 19.3. The largest absolute Gasteiger partial charge is 0.343 e. The molecule has 4 rings (SSSR count). The molecule has 138 valence electrons. The van der Waals surface area contributed by atoms with Crippen LogP contribution >= 0.6 is 11.8 Å². The molecule has 28 heavy (non-hydrogen) atoms. The molecule has 0 bridgehead atoms. The van der Waals surface area contributed by atoms with E-state index >= 15 is 0 Å². The third-order valence-corrected chi connectivity index (χ3v) is 5.10. The number of benzene rings is 2. The number of nitriles is 1. The van der Waals surface area contributed by atoms with Gasteiger partial charge >= 0.3 is 0 Å². The van der Waals surface area contributed by atoms with Crippen molar-refractivity contribution in [1.29, 1.82) is 5.26 Å². The number of rotatable bonds is 4. The summed E-state index contributed by atoms with van der Waals surface area (Å²) in [5.74, 6) is -0.266. The summed E-state index contributed by atoms with van der Waals surface area (Å²) in [6.07, 6.45) is 3.77. The Bertz CT molecular complexity index is 1270. The van der Waals surface area contributed by atoms with E-state index in [2.05, 4.69) is 9.97 Å². The van der Waals surface area contributed by atoms with Gasteiger partial charge in [0.1, 0.15) is 17.4 Å². The van der Waals surface area contributed by atoms with E-state index in [-0.39, 0.29) is 11.4 Å². The van der Waals surface area contributed by atoms with Gasteiger partial charge in [-0.3, -0.25) is 4.79 Å². The zero-order valence-corrected chi connectivity index (χ0v) is 15.8. The predicted octanol–water partition coefficient (Wildman–Crippen LogP) is 4.17. The van der Waals surface area contributed by atoms with Crippen LogP contribution in [0.15, 0.2) is 64.7 Å². The number of aromatic nitrogens is 3. The Hall–Kier alpha value is -3.37. The summed E-state index contributed by atoms with van der Waals surface area (Å²) in [7, 11) is 0. The van der Waals surface area contributed by atoms with Crippen LogP contribution in [0.5, 0.6) is 0 Å². The molecule has 0 atom stereocenters. The molecule has 2 aromatic carbocycles. The van der Waals surface area contributed by atoms with E-state index in [1.807, 2.05) is 47.4 Å². The van der Waals surface area contributed by atoms with E-state index < -0.39 is 5.56 Å². The van der Waals surface area contributed by atoms with Gasteiger partial charge in [0, 0.05) is 23.8 Å². The highest BCUT2D eigenvalue weighted by molar-refractivity contribution is 7.98. The van der Waals surface area contributed by atoms with Crippen LogP contribution in [0.25, 0.3) is 22.2 Å². The van der Waals surface area contributed by atoms with Gasteiger partial charge in [0.2, 0.25) is 0 Å². The SMILES string of the molecule is CSc1nc(-c2ccc3ccn(Cc4ccc(F)cc4)c3c2)c(C#N)c(=O)[nH]1. The monoisotopic (exact) mass is 390 g/mol. The van der Waals surface area contributed by atoms with Crippen LogP contribution in [-0.4, -0.2) is 20.8 Å². The van der Waals surface area contributed by atoms with E-state index in [1.54, 1.807) is 12.1 Å². The van der Waals surface area contributed by atoms with E-state index in [9.17, 15) is 14.4 Å². The minimum absolute atomic E-state index is 0.00575. The second-order valence-electron chi connectivity index (χ2n) is 6.25. The van der Waals surface area contributed by atoms with Crippen LogP contribution in [0.3, 0.4) is 0 Å².